The molecule has 1 aliphatic carbocycles. The summed E-state index contributed by atoms with van der Waals surface area (Å²) in [7, 11) is -8.86. The van der Waals surface area contributed by atoms with Crippen molar-refractivity contribution in [2.45, 2.75) is 70.1 Å². The molecular weight excluding hydrogens is 613 g/mol. The van der Waals surface area contributed by atoms with Crippen LogP contribution in [0.25, 0.3) is 0 Å². The van der Waals surface area contributed by atoms with Crippen molar-refractivity contribution in [2.75, 3.05) is 24.6 Å². The summed E-state index contributed by atoms with van der Waals surface area (Å²) < 4.78 is 72.0. The first kappa shape index (κ1) is 31.9. The molecule has 240 valence electrons. The number of benzene rings is 1. The SMILES string of the molecule is CC1(C)C(C=CC(=CC=C2N3CCCc4ccc(S(=O)(=O)O)c(c43)C2(C)C)CCCO)=C[N+]2=C3C1=C(S(=O)(=O)O)C=CC3CC2. The van der Waals surface area contributed by atoms with E-state index in [-0.39, 0.29) is 22.3 Å². The number of allylic oxidation sites excluding steroid dienone is 10. The normalized spacial score (nSPS) is 24.6. The smallest absolute Gasteiger partial charge is 0.295 e. The molecule has 0 saturated heterocycles. The van der Waals surface area contributed by atoms with Crippen LogP contribution in [0.2, 0.25) is 0 Å². The van der Waals surface area contributed by atoms with Gasteiger partial charge in [0.05, 0.1) is 11.5 Å². The second kappa shape index (κ2) is 11.0. The lowest BCUT2D eigenvalue weighted by Crippen LogP contribution is -2.36. The highest BCUT2D eigenvalue weighted by Gasteiger charge is 2.50. The van der Waals surface area contributed by atoms with Gasteiger partial charge in [-0.1, -0.05) is 58.1 Å². The van der Waals surface area contributed by atoms with Gasteiger partial charge in [-0.15, -0.1) is 0 Å². The highest BCUT2D eigenvalue weighted by molar-refractivity contribution is 7.90. The predicted octanol–water partition coefficient (Wildman–Crippen LogP) is 5.22. The van der Waals surface area contributed by atoms with Gasteiger partial charge in [-0.05, 0) is 55.0 Å². The Hall–Kier alpha value is -3.09. The molecule has 0 bridgehead atoms. The molecular formula is C34H41N2O7S2+. The number of hydrogen-bond acceptors (Lipinski definition) is 6. The molecule has 45 heavy (non-hydrogen) atoms. The van der Waals surface area contributed by atoms with Crippen LogP contribution in [0.3, 0.4) is 0 Å². The van der Waals surface area contributed by atoms with E-state index in [0.717, 1.165) is 66.2 Å². The Morgan fingerprint density at radius 1 is 1.09 bits per heavy atom. The zero-order valence-electron chi connectivity index (χ0n) is 26.1. The maximum absolute atomic E-state index is 12.4. The summed E-state index contributed by atoms with van der Waals surface area (Å²) >= 11 is 0. The summed E-state index contributed by atoms with van der Waals surface area (Å²) in [6, 6.07) is 3.31. The van der Waals surface area contributed by atoms with Gasteiger partial charge in [0.2, 0.25) is 0 Å². The quantitative estimate of drug-likeness (QED) is 0.197. The van der Waals surface area contributed by atoms with Gasteiger partial charge in [0.15, 0.2) is 11.9 Å². The van der Waals surface area contributed by atoms with Crippen LogP contribution in [-0.4, -0.2) is 61.0 Å². The minimum absolute atomic E-state index is 0.0184. The van der Waals surface area contributed by atoms with E-state index in [1.54, 1.807) is 6.07 Å². The standard InChI is InChI=1S/C34H40N2O7S2/c1-33(2)25(21-35-19-17-24-12-15-26(44(38,39)40)29(33)31(24)35)13-9-22(7-6-20-37)10-16-28-34(3,4)30-27(45(41,42)43)14-11-23-8-5-18-36(28)32(23)30/h9-16,21,24,37H,5-8,17-20H2,1-4H3,(H-,38,39,40,41,42,43)/p+1. The molecule has 11 heteroatoms. The minimum atomic E-state index is -4.43. The Morgan fingerprint density at radius 3 is 2.53 bits per heavy atom. The number of anilines is 1. The number of aliphatic hydroxyl groups excluding tert-OH is 1. The zero-order valence-corrected chi connectivity index (χ0v) is 27.7. The van der Waals surface area contributed by atoms with Crippen LogP contribution in [0.15, 0.2) is 87.0 Å². The summed E-state index contributed by atoms with van der Waals surface area (Å²) in [5.41, 5.74) is 5.47. The lowest BCUT2D eigenvalue weighted by Gasteiger charge is -2.33. The van der Waals surface area contributed by atoms with E-state index in [9.17, 15) is 31.0 Å². The fourth-order valence-electron chi connectivity index (χ4n) is 7.76. The minimum Gasteiger partial charge on any atom is -0.396 e. The second-order valence-electron chi connectivity index (χ2n) is 13.5. The summed E-state index contributed by atoms with van der Waals surface area (Å²) in [6.07, 6.45) is 17.2. The first-order chi connectivity index (χ1) is 21.1. The molecule has 0 fully saturated rings. The predicted molar refractivity (Wildman–Crippen MR) is 174 cm³/mol. The van der Waals surface area contributed by atoms with Gasteiger partial charge in [-0.3, -0.25) is 9.11 Å². The molecule has 4 aliphatic heterocycles. The molecule has 4 heterocycles. The number of rotatable bonds is 8. The van der Waals surface area contributed by atoms with Crippen molar-refractivity contribution < 1.29 is 35.6 Å². The molecule has 1 aromatic rings. The van der Waals surface area contributed by atoms with E-state index in [4.69, 9.17) is 0 Å². The third-order valence-electron chi connectivity index (χ3n) is 9.95. The lowest BCUT2D eigenvalue weighted by atomic mass is 9.70. The largest absolute Gasteiger partial charge is 0.396 e. The first-order valence-corrected chi connectivity index (χ1v) is 18.3. The summed E-state index contributed by atoms with van der Waals surface area (Å²) in [5.74, 6) is 0.105. The van der Waals surface area contributed by atoms with Gasteiger partial charge in [-0.2, -0.15) is 16.8 Å². The Labute approximate surface area is 265 Å². The van der Waals surface area contributed by atoms with Crippen LogP contribution >= 0.6 is 0 Å². The van der Waals surface area contributed by atoms with E-state index in [0.29, 0.717) is 24.0 Å². The molecule has 3 N–H and O–H groups in total. The fraction of sp³-hybridized carbons (Fsp3) is 0.441. The molecule has 0 radical (unpaired) electrons. The van der Waals surface area contributed by atoms with E-state index < -0.39 is 31.1 Å². The maximum Gasteiger partial charge on any atom is 0.295 e. The maximum atomic E-state index is 12.4. The summed E-state index contributed by atoms with van der Waals surface area (Å²) in [6.45, 7) is 9.40. The first-order valence-electron chi connectivity index (χ1n) is 15.4. The van der Waals surface area contributed by atoms with Crippen molar-refractivity contribution in [2.24, 2.45) is 11.3 Å². The molecule has 0 amide bonds. The van der Waals surface area contributed by atoms with Crippen molar-refractivity contribution in [1.29, 1.82) is 0 Å². The average Bonchev–Trinajstić information content (AvgIpc) is 3.47. The van der Waals surface area contributed by atoms with Crippen LogP contribution in [-0.2, 0) is 32.1 Å². The number of aryl methyl sites for hydroxylation is 1. The van der Waals surface area contributed by atoms with Crippen LogP contribution in [0.1, 0.15) is 64.5 Å². The Bertz CT molecular complexity index is 1920. The molecule has 1 aromatic carbocycles. The van der Waals surface area contributed by atoms with Gasteiger partial charge in [-0.25, -0.2) is 4.58 Å². The molecule has 0 spiro atoms. The van der Waals surface area contributed by atoms with Crippen molar-refractivity contribution in [3.05, 3.63) is 93.2 Å². The molecule has 9 nitrogen and oxygen atoms in total. The third-order valence-corrected chi connectivity index (χ3v) is 11.7. The number of nitrogens with zero attached hydrogens (tertiary/aromatic N) is 2. The van der Waals surface area contributed by atoms with Crippen LogP contribution in [0.4, 0.5) is 5.69 Å². The van der Waals surface area contributed by atoms with E-state index >= 15 is 0 Å². The monoisotopic (exact) mass is 653 g/mol. The van der Waals surface area contributed by atoms with Crippen LogP contribution < -0.4 is 4.90 Å². The second-order valence-corrected chi connectivity index (χ2v) is 16.3. The highest BCUT2D eigenvalue weighted by atomic mass is 32.2. The Morgan fingerprint density at radius 2 is 1.84 bits per heavy atom. The molecule has 5 aliphatic rings. The van der Waals surface area contributed by atoms with Gasteiger partial charge in [0.1, 0.15) is 16.3 Å². The van der Waals surface area contributed by atoms with Crippen molar-refractivity contribution in [3.8, 4) is 0 Å². The van der Waals surface area contributed by atoms with Crippen molar-refractivity contribution >= 4 is 31.6 Å². The highest BCUT2D eigenvalue weighted by Crippen LogP contribution is 2.53. The van der Waals surface area contributed by atoms with Crippen LogP contribution in [0.5, 0.6) is 0 Å². The Kier molecular flexibility index (Phi) is 7.80. The molecule has 1 atom stereocenters. The van der Waals surface area contributed by atoms with E-state index in [1.165, 1.54) is 12.1 Å². The van der Waals surface area contributed by atoms with E-state index in [2.05, 4.69) is 15.7 Å². The average molecular weight is 654 g/mol. The topological polar surface area (TPSA) is 135 Å². The third kappa shape index (κ3) is 5.32. The van der Waals surface area contributed by atoms with Gasteiger partial charge < -0.3 is 10.0 Å². The Balaban J connectivity index is 1.42. The van der Waals surface area contributed by atoms with Crippen molar-refractivity contribution in [3.63, 3.8) is 0 Å². The van der Waals surface area contributed by atoms with Gasteiger partial charge in [0, 0.05) is 52.9 Å². The fourth-order valence-corrected chi connectivity index (χ4v) is 9.48. The molecule has 0 aromatic heterocycles. The van der Waals surface area contributed by atoms with E-state index in [1.807, 2.05) is 58.1 Å². The van der Waals surface area contributed by atoms with Gasteiger partial charge in [0.25, 0.3) is 20.2 Å². The number of hydrogen-bond donors (Lipinski definition) is 3. The molecule has 6 rings (SSSR count). The summed E-state index contributed by atoms with van der Waals surface area (Å²) in [4.78, 5) is 2.05. The van der Waals surface area contributed by atoms with Crippen molar-refractivity contribution in [1.82, 2.24) is 0 Å². The van der Waals surface area contributed by atoms with Crippen LogP contribution in [0, 0.1) is 11.3 Å². The molecule has 0 saturated carbocycles. The number of aliphatic hydroxyl groups is 1. The zero-order chi connectivity index (χ0) is 32.5. The lowest BCUT2D eigenvalue weighted by molar-refractivity contribution is -0.450. The van der Waals surface area contributed by atoms with Gasteiger partial charge >= 0.3 is 0 Å². The molecule has 1 unspecified atom stereocenters. The summed E-state index contributed by atoms with van der Waals surface area (Å²) in [5, 5.41) is 9.66.